The van der Waals surface area contributed by atoms with Crippen molar-refractivity contribution < 1.29 is 23.7 Å². The van der Waals surface area contributed by atoms with Gasteiger partial charge in [0.25, 0.3) is 0 Å². The summed E-state index contributed by atoms with van der Waals surface area (Å²) in [5, 5.41) is 0. The Balaban J connectivity index is 1.45. The normalized spacial score (nSPS) is 19.4. The van der Waals surface area contributed by atoms with E-state index in [4.69, 9.17) is 23.7 Å². The van der Waals surface area contributed by atoms with Gasteiger partial charge in [0.05, 0.1) is 24.9 Å². The monoisotopic (exact) mass is 718 g/mol. The minimum absolute atomic E-state index is 0.0742. The number of nitrogens with zero attached hydrogens (tertiary/aromatic N) is 2. The summed E-state index contributed by atoms with van der Waals surface area (Å²) in [6, 6.07) is 21.6. The van der Waals surface area contributed by atoms with Crippen LogP contribution in [0.2, 0.25) is 0 Å². The average molecular weight is 719 g/mol. The number of hydrogen-bond acceptors (Lipinski definition) is 7. The Labute approximate surface area is 279 Å². The molecule has 0 N–H and O–H groups in total. The number of benzene rings is 4. The molecule has 234 valence electrons. The van der Waals surface area contributed by atoms with Crippen molar-refractivity contribution in [3.05, 3.63) is 97.6 Å². The maximum absolute atomic E-state index is 7.06. The molecule has 4 aromatic carbocycles. The fourth-order valence-corrected chi connectivity index (χ4v) is 7.85. The molecule has 4 heterocycles. The molecule has 0 fully saturated rings. The third-order valence-corrected chi connectivity index (χ3v) is 10.7. The van der Waals surface area contributed by atoms with E-state index in [0.29, 0.717) is 11.5 Å². The Morgan fingerprint density at radius 3 is 2.02 bits per heavy atom. The molecule has 8 rings (SSSR count). The van der Waals surface area contributed by atoms with Crippen molar-refractivity contribution in [2.75, 3.05) is 48.5 Å². The van der Waals surface area contributed by atoms with Gasteiger partial charge in [-0.15, -0.1) is 0 Å². The molecule has 0 saturated heterocycles. The van der Waals surface area contributed by atoms with Gasteiger partial charge in [0, 0.05) is 30.7 Å². The quantitative estimate of drug-likeness (QED) is 0.201. The van der Waals surface area contributed by atoms with Crippen molar-refractivity contribution in [3.63, 3.8) is 0 Å². The molecule has 4 aliphatic heterocycles. The number of fused-ring (bicyclic) bond motifs is 2. The van der Waals surface area contributed by atoms with Crippen LogP contribution in [0.5, 0.6) is 40.2 Å². The van der Waals surface area contributed by atoms with Gasteiger partial charge in [-0.25, -0.2) is 0 Å². The number of rotatable bonds is 3. The standard InChI is InChI=1S/C37H39IN2O5/c1-39-14-12-24-19-31(42-4)33-21-27(24)28(39)16-22-6-9-26(10-7-22)44-32-18-23(8-11-30(32)41-3)17-29-35-25(13-15-40(29)2)20-34(43-5)36(38)37(35)45-33/h6-11,18-21,28-29H,12-17H2,1-5H3. The zero-order chi connectivity index (χ0) is 31.2. The molecule has 0 amide bonds. The van der Waals surface area contributed by atoms with Crippen LogP contribution < -0.4 is 23.7 Å². The minimum atomic E-state index is 0.0742. The van der Waals surface area contributed by atoms with Gasteiger partial charge in [0.1, 0.15) is 17.2 Å². The van der Waals surface area contributed by atoms with Crippen LogP contribution in [0.15, 0.2) is 60.7 Å². The molecule has 4 aromatic rings. The molecule has 45 heavy (non-hydrogen) atoms. The Bertz CT molecular complexity index is 1740. The summed E-state index contributed by atoms with van der Waals surface area (Å²) in [5.74, 6) is 5.35. The topological polar surface area (TPSA) is 52.6 Å². The van der Waals surface area contributed by atoms with Crippen LogP contribution >= 0.6 is 22.6 Å². The Morgan fingerprint density at radius 1 is 0.667 bits per heavy atom. The summed E-state index contributed by atoms with van der Waals surface area (Å²) in [7, 11) is 9.55. The highest BCUT2D eigenvalue weighted by Crippen LogP contribution is 2.49. The molecule has 6 bridgehead atoms. The summed E-state index contributed by atoms with van der Waals surface area (Å²) < 4.78 is 32.1. The van der Waals surface area contributed by atoms with E-state index < -0.39 is 0 Å². The van der Waals surface area contributed by atoms with E-state index in [9.17, 15) is 0 Å². The first kappa shape index (κ1) is 30.2. The molecule has 0 aliphatic carbocycles. The molecule has 0 saturated carbocycles. The summed E-state index contributed by atoms with van der Waals surface area (Å²) in [6.45, 7) is 1.91. The SMILES string of the molecule is COc1ccc2cc1Oc1ccc(cc1)CC1c3cc(c(OC)cc3CCN1C)Oc1c(I)c(OC)cc3c1C(C2)N(C)CC3. The highest BCUT2D eigenvalue weighted by Gasteiger charge is 2.33. The second-order valence-electron chi connectivity index (χ2n) is 12.2. The summed E-state index contributed by atoms with van der Waals surface area (Å²) >= 11 is 2.38. The van der Waals surface area contributed by atoms with Crippen LogP contribution in [0.3, 0.4) is 0 Å². The Kier molecular flexibility index (Phi) is 8.31. The average Bonchev–Trinajstić information content (AvgIpc) is 3.05. The van der Waals surface area contributed by atoms with Crippen molar-refractivity contribution in [3.8, 4) is 40.2 Å². The first-order valence-electron chi connectivity index (χ1n) is 15.5. The first-order valence-corrected chi connectivity index (χ1v) is 16.6. The second kappa shape index (κ2) is 12.4. The number of likely N-dealkylation sites (N-methyl/N-ethyl adjacent to an activating group) is 2. The van der Waals surface area contributed by atoms with Gasteiger partial charge in [0.2, 0.25) is 0 Å². The van der Waals surface area contributed by atoms with Crippen LogP contribution in [0.1, 0.15) is 45.5 Å². The van der Waals surface area contributed by atoms with Gasteiger partial charge in [-0.3, -0.25) is 9.80 Å². The number of hydrogen-bond donors (Lipinski definition) is 0. The molecule has 0 spiro atoms. The fourth-order valence-electron chi connectivity index (χ4n) is 7.07. The van der Waals surface area contributed by atoms with E-state index in [1.165, 1.54) is 27.8 Å². The third kappa shape index (κ3) is 5.61. The lowest BCUT2D eigenvalue weighted by atomic mass is 9.87. The number of halogens is 1. The van der Waals surface area contributed by atoms with Crippen LogP contribution in [0, 0.1) is 3.57 Å². The Morgan fingerprint density at radius 2 is 1.29 bits per heavy atom. The van der Waals surface area contributed by atoms with E-state index in [2.05, 4.69) is 101 Å². The molecule has 2 atom stereocenters. The van der Waals surface area contributed by atoms with Gasteiger partial charge in [0.15, 0.2) is 23.0 Å². The van der Waals surface area contributed by atoms with Gasteiger partial charge in [-0.2, -0.15) is 0 Å². The highest BCUT2D eigenvalue weighted by molar-refractivity contribution is 14.1. The lowest BCUT2D eigenvalue weighted by molar-refractivity contribution is 0.222. The summed E-state index contributed by atoms with van der Waals surface area (Å²) in [5.41, 5.74) is 7.43. The van der Waals surface area contributed by atoms with E-state index in [1.807, 2.05) is 6.07 Å². The second-order valence-corrected chi connectivity index (χ2v) is 13.3. The summed E-state index contributed by atoms with van der Waals surface area (Å²) in [6.07, 6.45) is 3.51. The molecule has 7 nitrogen and oxygen atoms in total. The molecular formula is C37H39IN2O5. The lowest BCUT2D eigenvalue weighted by Gasteiger charge is -2.37. The smallest absolute Gasteiger partial charge is 0.169 e. The molecule has 0 aromatic heterocycles. The number of ether oxygens (including phenoxy) is 5. The zero-order valence-electron chi connectivity index (χ0n) is 26.5. The van der Waals surface area contributed by atoms with E-state index in [-0.39, 0.29) is 12.1 Å². The van der Waals surface area contributed by atoms with Gasteiger partial charge in [-0.1, -0.05) is 18.2 Å². The van der Waals surface area contributed by atoms with Gasteiger partial charge in [-0.05, 0) is 133 Å². The maximum Gasteiger partial charge on any atom is 0.169 e. The third-order valence-electron chi connectivity index (χ3n) is 9.63. The Hall–Kier alpha value is -3.47. The highest BCUT2D eigenvalue weighted by atomic mass is 127. The predicted molar refractivity (Wildman–Crippen MR) is 184 cm³/mol. The molecule has 2 unspecified atom stereocenters. The van der Waals surface area contributed by atoms with Crippen molar-refractivity contribution in [2.45, 2.75) is 37.8 Å². The number of methoxy groups -OCH3 is 3. The van der Waals surface area contributed by atoms with Crippen LogP contribution in [-0.4, -0.2) is 58.3 Å². The van der Waals surface area contributed by atoms with Crippen LogP contribution in [-0.2, 0) is 25.7 Å². The van der Waals surface area contributed by atoms with Crippen molar-refractivity contribution in [2.24, 2.45) is 0 Å². The van der Waals surface area contributed by atoms with E-state index in [0.717, 1.165) is 76.7 Å². The largest absolute Gasteiger partial charge is 0.495 e. The molecule has 8 heteroatoms. The first-order chi connectivity index (χ1) is 21.9. The van der Waals surface area contributed by atoms with E-state index >= 15 is 0 Å². The molecular weight excluding hydrogens is 679 g/mol. The van der Waals surface area contributed by atoms with Crippen LogP contribution in [0.25, 0.3) is 0 Å². The minimum Gasteiger partial charge on any atom is -0.495 e. The fraction of sp³-hybridized carbons (Fsp3) is 0.351. The van der Waals surface area contributed by atoms with Gasteiger partial charge >= 0.3 is 0 Å². The lowest BCUT2D eigenvalue weighted by Crippen LogP contribution is -2.34. The molecule has 4 aliphatic rings. The van der Waals surface area contributed by atoms with Crippen molar-refractivity contribution in [1.29, 1.82) is 0 Å². The van der Waals surface area contributed by atoms with Crippen molar-refractivity contribution >= 4 is 22.6 Å². The molecule has 0 radical (unpaired) electrons. The van der Waals surface area contributed by atoms with E-state index in [1.54, 1.807) is 21.3 Å². The summed E-state index contributed by atoms with van der Waals surface area (Å²) in [4.78, 5) is 4.87. The van der Waals surface area contributed by atoms with Crippen molar-refractivity contribution in [1.82, 2.24) is 9.80 Å². The predicted octanol–water partition coefficient (Wildman–Crippen LogP) is 7.76. The van der Waals surface area contributed by atoms with Crippen LogP contribution in [0.4, 0.5) is 0 Å². The maximum atomic E-state index is 7.06. The van der Waals surface area contributed by atoms with Gasteiger partial charge < -0.3 is 23.7 Å². The zero-order valence-corrected chi connectivity index (χ0v) is 28.6.